The van der Waals surface area contributed by atoms with E-state index in [9.17, 15) is 23.5 Å². The fourth-order valence-corrected chi connectivity index (χ4v) is 4.32. The maximum Gasteiger partial charge on any atom is 0.319 e. The molecule has 3 aromatic carbocycles. The molecule has 0 radical (unpaired) electrons. The first-order valence-electron chi connectivity index (χ1n) is 11.7. The normalized spacial score (nSPS) is 13.1. The first-order chi connectivity index (χ1) is 17.4. The Morgan fingerprint density at radius 3 is 2.39 bits per heavy atom. The molecule has 3 amide bonds. The van der Waals surface area contributed by atoms with Crippen LogP contribution in [0.3, 0.4) is 0 Å². The zero-order valence-electron chi connectivity index (χ0n) is 19.9. The van der Waals surface area contributed by atoms with Crippen molar-refractivity contribution in [3.63, 3.8) is 0 Å². The second kappa shape index (κ2) is 11.2. The highest BCUT2D eigenvalue weighted by atomic mass is 19.1. The Morgan fingerprint density at radius 2 is 1.69 bits per heavy atom. The van der Waals surface area contributed by atoms with Crippen LogP contribution in [0.1, 0.15) is 27.9 Å². The van der Waals surface area contributed by atoms with Gasteiger partial charge in [0.2, 0.25) is 0 Å². The molecule has 9 heteroatoms. The van der Waals surface area contributed by atoms with Gasteiger partial charge in [-0.3, -0.25) is 4.79 Å². The molecule has 0 saturated heterocycles. The summed E-state index contributed by atoms with van der Waals surface area (Å²) in [5.41, 5.74) is 3.27. The maximum atomic E-state index is 13.8. The molecule has 7 nitrogen and oxygen atoms in total. The molecule has 3 aromatic rings. The summed E-state index contributed by atoms with van der Waals surface area (Å²) in [6.07, 6.45) is 0.763. The Kier molecular flexibility index (Phi) is 7.80. The molecule has 1 aliphatic rings. The minimum absolute atomic E-state index is 0.0320. The second-order valence-corrected chi connectivity index (χ2v) is 8.56. The van der Waals surface area contributed by atoms with E-state index in [0.717, 1.165) is 47.6 Å². The molecule has 0 unspecified atom stereocenters. The van der Waals surface area contributed by atoms with Crippen molar-refractivity contribution in [3.8, 4) is 0 Å². The molecule has 1 heterocycles. The monoisotopic (exact) mass is 494 g/mol. The summed E-state index contributed by atoms with van der Waals surface area (Å²) in [7, 11) is 0. The quantitative estimate of drug-likeness (QED) is 0.473. The van der Waals surface area contributed by atoms with Gasteiger partial charge in [0.1, 0.15) is 17.3 Å². The standard InChI is InChI=1S/C27H28F2N4O3/c1-18-16-19(10-11-20(18)17-30-27(36)31-25-21(28)6-4-7-22(25)29)26(35)33-13-5-12-32(14-15-34)23-8-2-3-9-24(23)33/h2-4,6-11,16,34H,5,12-15,17H2,1H3,(H2,30,31,36). The fourth-order valence-electron chi connectivity index (χ4n) is 4.32. The highest BCUT2D eigenvalue weighted by Crippen LogP contribution is 2.33. The lowest BCUT2D eigenvalue weighted by Crippen LogP contribution is -2.32. The van der Waals surface area contributed by atoms with Crippen molar-refractivity contribution >= 4 is 29.0 Å². The van der Waals surface area contributed by atoms with Gasteiger partial charge in [-0.15, -0.1) is 0 Å². The number of aliphatic hydroxyl groups is 1. The Morgan fingerprint density at radius 1 is 0.972 bits per heavy atom. The number of nitrogens with zero attached hydrogens (tertiary/aromatic N) is 2. The van der Waals surface area contributed by atoms with Crippen molar-refractivity contribution in [2.75, 3.05) is 41.4 Å². The Labute approximate surface area is 208 Å². The number of aliphatic hydroxyl groups excluding tert-OH is 1. The van der Waals surface area contributed by atoms with E-state index < -0.39 is 23.4 Å². The van der Waals surface area contributed by atoms with Crippen molar-refractivity contribution in [2.45, 2.75) is 19.9 Å². The minimum Gasteiger partial charge on any atom is -0.395 e. The van der Waals surface area contributed by atoms with Crippen LogP contribution >= 0.6 is 0 Å². The third kappa shape index (κ3) is 5.46. The average molecular weight is 495 g/mol. The first-order valence-corrected chi connectivity index (χ1v) is 11.7. The Bertz CT molecular complexity index is 1250. The van der Waals surface area contributed by atoms with Gasteiger partial charge in [0.25, 0.3) is 5.91 Å². The maximum absolute atomic E-state index is 13.8. The number of urea groups is 1. The van der Waals surface area contributed by atoms with Crippen molar-refractivity contribution in [1.82, 2.24) is 5.32 Å². The van der Waals surface area contributed by atoms with E-state index in [-0.39, 0.29) is 19.1 Å². The van der Waals surface area contributed by atoms with Gasteiger partial charge in [0.15, 0.2) is 0 Å². The number of rotatable bonds is 6. The molecule has 0 aliphatic carbocycles. The summed E-state index contributed by atoms with van der Waals surface area (Å²) < 4.78 is 27.5. The van der Waals surface area contributed by atoms with E-state index in [1.54, 1.807) is 23.1 Å². The highest BCUT2D eigenvalue weighted by Gasteiger charge is 2.25. The SMILES string of the molecule is Cc1cc(C(=O)N2CCCN(CCO)c3ccccc32)ccc1CNC(=O)Nc1c(F)cccc1F. The van der Waals surface area contributed by atoms with E-state index >= 15 is 0 Å². The highest BCUT2D eigenvalue weighted by molar-refractivity contribution is 6.08. The van der Waals surface area contributed by atoms with Crippen LogP contribution in [0.15, 0.2) is 60.7 Å². The van der Waals surface area contributed by atoms with Crippen LogP contribution < -0.4 is 20.4 Å². The molecule has 0 fully saturated rings. The van der Waals surface area contributed by atoms with Gasteiger partial charge in [0, 0.05) is 31.7 Å². The van der Waals surface area contributed by atoms with Crippen LogP contribution in [0.4, 0.5) is 30.6 Å². The van der Waals surface area contributed by atoms with Gasteiger partial charge < -0.3 is 25.5 Å². The van der Waals surface area contributed by atoms with Crippen LogP contribution in [0.5, 0.6) is 0 Å². The number of nitrogens with one attached hydrogen (secondary N) is 2. The molecular formula is C27H28F2N4O3. The van der Waals surface area contributed by atoms with Gasteiger partial charge in [0.05, 0.1) is 18.0 Å². The number of fused-ring (bicyclic) bond motifs is 1. The number of carbonyl (C=O) groups excluding carboxylic acids is 2. The summed E-state index contributed by atoms with van der Waals surface area (Å²) >= 11 is 0. The number of halogens is 2. The molecule has 0 saturated carbocycles. The fraction of sp³-hybridized carbons (Fsp3) is 0.259. The Balaban J connectivity index is 1.46. The number of hydrogen-bond donors (Lipinski definition) is 3. The van der Waals surface area contributed by atoms with Crippen LogP contribution in [-0.2, 0) is 6.54 Å². The lowest BCUT2D eigenvalue weighted by Gasteiger charge is -2.26. The number of benzene rings is 3. The van der Waals surface area contributed by atoms with E-state index in [1.165, 1.54) is 6.07 Å². The lowest BCUT2D eigenvalue weighted by atomic mass is 10.0. The van der Waals surface area contributed by atoms with Crippen molar-refractivity contribution in [2.24, 2.45) is 0 Å². The predicted octanol–water partition coefficient (Wildman–Crippen LogP) is 4.44. The molecular weight excluding hydrogens is 466 g/mol. The van der Waals surface area contributed by atoms with E-state index in [1.807, 2.05) is 31.2 Å². The minimum atomic E-state index is -0.862. The van der Waals surface area contributed by atoms with Gasteiger partial charge >= 0.3 is 6.03 Å². The number of para-hydroxylation sites is 3. The van der Waals surface area contributed by atoms with Crippen LogP contribution in [0.2, 0.25) is 0 Å². The van der Waals surface area contributed by atoms with E-state index in [4.69, 9.17) is 0 Å². The van der Waals surface area contributed by atoms with Gasteiger partial charge in [-0.05, 0) is 60.9 Å². The first kappa shape index (κ1) is 25.1. The Hall–Kier alpha value is -3.98. The second-order valence-electron chi connectivity index (χ2n) is 8.56. The smallest absolute Gasteiger partial charge is 0.319 e. The van der Waals surface area contributed by atoms with Crippen molar-refractivity contribution in [1.29, 1.82) is 0 Å². The molecule has 0 bridgehead atoms. The molecule has 0 atom stereocenters. The van der Waals surface area contributed by atoms with Crippen LogP contribution in [-0.4, -0.2) is 43.3 Å². The predicted molar refractivity (Wildman–Crippen MR) is 135 cm³/mol. The third-order valence-corrected chi connectivity index (χ3v) is 6.17. The number of carbonyl (C=O) groups is 2. The summed E-state index contributed by atoms with van der Waals surface area (Å²) in [6, 6.07) is 15.5. The lowest BCUT2D eigenvalue weighted by molar-refractivity contribution is 0.0987. The number of amides is 3. The zero-order valence-corrected chi connectivity index (χ0v) is 19.9. The number of anilines is 3. The molecule has 0 aromatic heterocycles. The topological polar surface area (TPSA) is 84.9 Å². The van der Waals surface area contributed by atoms with E-state index in [2.05, 4.69) is 15.5 Å². The van der Waals surface area contributed by atoms with Crippen LogP contribution in [0.25, 0.3) is 0 Å². The molecule has 4 rings (SSSR count). The molecule has 188 valence electrons. The summed E-state index contributed by atoms with van der Waals surface area (Å²) in [4.78, 5) is 29.5. The summed E-state index contributed by atoms with van der Waals surface area (Å²) in [6.45, 7) is 3.77. The number of hydrogen-bond acceptors (Lipinski definition) is 4. The van der Waals surface area contributed by atoms with Crippen LogP contribution in [0, 0.1) is 18.6 Å². The number of aryl methyl sites for hydroxylation is 1. The van der Waals surface area contributed by atoms with Gasteiger partial charge in [-0.1, -0.05) is 24.3 Å². The molecule has 1 aliphatic heterocycles. The molecule has 36 heavy (non-hydrogen) atoms. The third-order valence-electron chi connectivity index (χ3n) is 6.17. The van der Waals surface area contributed by atoms with E-state index in [0.29, 0.717) is 18.7 Å². The number of β-amino-alcohol motifs (C(OH)–C–C–N with tert-alkyl or cyclic N) is 1. The summed E-state index contributed by atoms with van der Waals surface area (Å²) in [5, 5.41) is 14.2. The zero-order chi connectivity index (χ0) is 25.7. The molecule has 3 N–H and O–H groups in total. The summed E-state index contributed by atoms with van der Waals surface area (Å²) in [5.74, 6) is -1.86. The van der Waals surface area contributed by atoms with Gasteiger partial charge in [-0.2, -0.15) is 0 Å². The molecule has 0 spiro atoms. The average Bonchev–Trinajstić information content (AvgIpc) is 3.05. The van der Waals surface area contributed by atoms with Crippen molar-refractivity contribution in [3.05, 3.63) is 89.0 Å². The van der Waals surface area contributed by atoms with Gasteiger partial charge in [-0.25, -0.2) is 13.6 Å². The van der Waals surface area contributed by atoms with Crippen molar-refractivity contribution < 1.29 is 23.5 Å². The largest absolute Gasteiger partial charge is 0.395 e.